The number of nitrogens with zero attached hydrogens (tertiary/aromatic N) is 2. The van der Waals surface area contributed by atoms with Crippen LogP contribution in [0.1, 0.15) is 11.3 Å². The van der Waals surface area contributed by atoms with Gasteiger partial charge in [-0.2, -0.15) is 5.10 Å². The SMILES string of the molecule is Cc1[nH]nc2cc(C(N)=NO)ccc12. The van der Waals surface area contributed by atoms with Crippen molar-refractivity contribution >= 4 is 16.7 Å². The summed E-state index contributed by atoms with van der Waals surface area (Å²) in [6.45, 7) is 1.94. The minimum atomic E-state index is 0.0903. The summed E-state index contributed by atoms with van der Waals surface area (Å²) in [5, 5.41) is 19.4. The molecule has 0 saturated heterocycles. The maximum absolute atomic E-state index is 8.50. The average Bonchev–Trinajstić information content (AvgIpc) is 2.59. The van der Waals surface area contributed by atoms with E-state index in [1.165, 1.54) is 0 Å². The summed E-state index contributed by atoms with van der Waals surface area (Å²) in [4.78, 5) is 0. The first-order valence-electron chi connectivity index (χ1n) is 4.15. The number of rotatable bonds is 1. The van der Waals surface area contributed by atoms with E-state index in [4.69, 9.17) is 10.9 Å². The molecular weight excluding hydrogens is 180 g/mol. The quantitative estimate of drug-likeness (QED) is 0.271. The lowest BCUT2D eigenvalue weighted by molar-refractivity contribution is 0.318. The van der Waals surface area contributed by atoms with Crippen LogP contribution in [0.15, 0.2) is 23.4 Å². The summed E-state index contributed by atoms with van der Waals surface area (Å²) in [5.74, 6) is 0.0903. The van der Waals surface area contributed by atoms with Gasteiger partial charge in [-0.25, -0.2) is 0 Å². The minimum Gasteiger partial charge on any atom is -0.409 e. The standard InChI is InChI=1S/C9H10N4O/c1-5-7-3-2-6(9(10)13-14)4-8(7)12-11-5/h2-4,14H,1H3,(H2,10,13)(H,11,12). The number of hydrogen-bond donors (Lipinski definition) is 3. The predicted octanol–water partition coefficient (Wildman–Crippen LogP) is 0.966. The lowest BCUT2D eigenvalue weighted by Crippen LogP contribution is -2.12. The zero-order valence-electron chi connectivity index (χ0n) is 7.65. The molecule has 0 aliphatic carbocycles. The molecule has 0 spiro atoms. The van der Waals surface area contributed by atoms with E-state index in [9.17, 15) is 0 Å². The fraction of sp³-hybridized carbons (Fsp3) is 0.111. The zero-order valence-corrected chi connectivity index (χ0v) is 7.65. The molecular formula is C9H10N4O. The van der Waals surface area contributed by atoms with E-state index in [0.717, 1.165) is 16.6 Å². The normalized spacial score (nSPS) is 12.2. The smallest absolute Gasteiger partial charge is 0.170 e. The van der Waals surface area contributed by atoms with Crippen LogP contribution in [-0.2, 0) is 0 Å². The van der Waals surface area contributed by atoms with E-state index in [2.05, 4.69) is 15.4 Å². The summed E-state index contributed by atoms with van der Waals surface area (Å²) >= 11 is 0. The molecule has 1 aromatic heterocycles. The number of nitrogens with two attached hydrogens (primary N) is 1. The van der Waals surface area contributed by atoms with Crippen LogP contribution >= 0.6 is 0 Å². The second-order valence-corrected chi connectivity index (χ2v) is 3.07. The summed E-state index contributed by atoms with van der Waals surface area (Å²) in [6, 6.07) is 5.45. The topological polar surface area (TPSA) is 87.3 Å². The summed E-state index contributed by atoms with van der Waals surface area (Å²) < 4.78 is 0. The highest BCUT2D eigenvalue weighted by atomic mass is 16.4. The van der Waals surface area contributed by atoms with Crippen molar-refractivity contribution in [3.8, 4) is 0 Å². The molecule has 5 nitrogen and oxygen atoms in total. The van der Waals surface area contributed by atoms with Crippen LogP contribution in [0.5, 0.6) is 0 Å². The van der Waals surface area contributed by atoms with Crippen molar-refractivity contribution < 1.29 is 5.21 Å². The van der Waals surface area contributed by atoms with Crippen molar-refractivity contribution in [1.29, 1.82) is 0 Å². The number of oxime groups is 1. The number of fused-ring (bicyclic) bond motifs is 1. The van der Waals surface area contributed by atoms with Crippen LogP contribution in [0, 0.1) is 6.92 Å². The first kappa shape index (κ1) is 8.55. The lowest BCUT2D eigenvalue weighted by atomic mass is 10.1. The predicted molar refractivity (Wildman–Crippen MR) is 53.3 cm³/mol. The first-order valence-corrected chi connectivity index (χ1v) is 4.15. The number of nitrogens with one attached hydrogen (secondary N) is 1. The van der Waals surface area contributed by atoms with Gasteiger partial charge in [0.1, 0.15) is 0 Å². The Morgan fingerprint density at radius 3 is 3.07 bits per heavy atom. The highest BCUT2D eigenvalue weighted by Crippen LogP contribution is 2.16. The molecule has 0 aliphatic rings. The fourth-order valence-electron chi connectivity index (χ4n) is 1.36. The van der Waals surface area contributed by atoms with Gasteiger partial charge in [-0.05, 0) is 13.0 Å². The molecule has 0 radical (unpaired) electrons. The van der Waals surface area contributed by atoms with E-state index in [-0.39, 0.29) is 5.84 Å². The van der Waals surface area contributed by atoms with Crippen molar-refractivity contribution in [2.75, 3.05) is 0 Å². The largest absolute Gasteiger partial charge is 0.409 e. The molecule has 2 aromatic rings. The van der Waals surface area contributed by atoms with E-state index >= 15 is 0 Å². The third-order valence-electron chi connectivity index (χ3n) is 2.15. The number of aromatic nitrogens is 2. The van der Waals surface area contributed by atoms with Crippen LogP contribution in [0.2, 0.25) is 0 Å². The molecule has 14 heavy (non-hydrogen) atoms. The number of hydrogen-bond acceptors (Lipinski definition) is 3. The van der Waals surface area contributed by atoms with Gasteiger partial charge in [0.05, 0.1) is 5.52 Å². The van der Waals surface area contributed by atoms with Gasteiger partial charge in [-0.15, -0.1) is 0 Å². The molecule has 0 bridgehead atoms. The third kappa shape index (κ3) is 1.19. The Morgan fingerprint density at radius 1 is 1.57 bits per heavy atom. The molecule has 0 fully saturated rings. The second kappa shape index (κ2) is 3.02. The van der Waals surface area contributed by atoms with E-state index in [1.807, 2.05) is 13.0 Å². The summed E-state index contributed by atoms with van der Waals surface area (Å²) in [6.07, 6.45) is 0. The number of H-pyrrole nitrogens is 1. The Bertz CT molecular complexity index is 500. The van der Waals surface area contributed by atoms with Crippen molar-refractivity contribution in [1.82, 2.24) is 10.2 Å². The van der Waals surface area contributed by atoms with Gasteiger partial charge in [0.15, 0.2) is 5.84 Å². The Kier molecular flexibility index (Phi) is 1.85. The van der Waals surface area contributed by atoms with Gasteiger partial charge in [0.25, 0.3) is 0 Å². The Morgan fingerprint density at radius 2 is 2.36 bits per heavy atom. The van der Waals surface area contributed by atoms with Gasteiger partial charge < -0.3 is 10.9 Å². The molecule has 0 unspecified atom stereocenters. The van der Waals surface area contributed by atoms with Gasteiger partial charge >= 0.3 is 0 Å². The lowest BCUT2D eigenvalue weighted by Gasteiger charge is -1.97. The zero-order chi connectivity index (χ0) is 10.1. The highest BCUT2D eigenvalue weighted by Gasteiger charge is 2.04. The van der Waals surface area contributed by atoms with Gasteiger partial charge in [0.2, 0.25) is 0 Å². The maximum atomic E-state index is 8.50. The maximum Gasteiger partial charge on any atom is 0.170 e. The van der Waals surface area contributed by atoms with Crippen LogP contribution in [0.25, 0.3) is 10.9 Å². The van der Waals surface area contributed by atoms with Gasteiger partial charge in [-0.1, -0.05) is 17.3 Å². The van der Waals surface area contributed by atoms with E-state index in [1.54, 1.807) is 12.1 Å². The number of aromatic amines is 1. The fourth-order valence-corrected chi connectivity index (χ4v) is 1.36. The second-order valence-electron chi connectivity index (χ2n) is 3.07. The van der Waals surface area contributed by atoms with Crippen molar-refractivity contribution in [3.05, 3.63) is 29.5 Å². The highest BCUT2D eigenvalue weighted by molar-refractivity contribution is 6.00. The molecule has 0 saturated carbocycles. The summed E-state index contributed by atoms with van der Waals surface area (Å²) in [7, 11) is 0. The number of aryl methyl sites for hydroxylation is 1. The Hall–Kier alpha value is -2.04. The molecule has 72 valence electrons. The molecule has 1 aromatic carbocycles. The molecule has 4 N–H and O–H groups in total. The third-order valence-corrected chi connectivity index (χ3v) is 2.15. The molecule has 2 rings (SSSR count). The monoisotopic (exact) mass is 190 g/mol. The van der Waals surface area contributed by atoms with Gasteiger partial charge in [0, 0.05) is 16.6 Å². The van der Waals surface area contributed by atoms with Crippen LogP contribution in [0.4, 0.5) is 0 Å². The van der Waals surface area contributed by atoms with Crippen LogP contribution < -0.4 is 5.73 Å². The molecule has 1 heterocycles. The van der Waals surface area contributed by atoms with Crippen molar-refractivity contribution in [3.63, 3.8) is 0 Å². The molecule has 0 amide bonds. The average molecular weight is 190 g/mol. The molecule has 0 atom stereocenters. The van der Waals surface area contributed by atoms with E-state index < -0.39 is 0 Å². The molecule has 0 aliphatic heterocycles. The van der Waals surface area contributed by atoms with Gasteiger partial charge in [-0.3, -0.25) is 5.10 Å². The Balaban J connectivity index is 2.63. The molecule has 5 heteroatoms. The van der Waals surface area contributed by atoms with E-state index in [0.29, 0.717) is 5.56 Å². The van der Waals surface area contributed by atoms with Crippen LogP contribution in [-0.4, -0.2) is 21.2 Å². The van der Waals surface area contributed by atoms with Crippen molar-refractivity contribution in [2.45, 2.75) is 6.92 Å². The summed E-state index contributed by atoms with van der Waals surface area (Å²) in [5.41, 5.74) is 7.93. The van der Waals surface area contributed by atoms with Crippen LogP contribution in [0.3, 0.4) is 0 Å². The first-order chi connectivity index (χ1) is 6.72. The minimum absolute atomic E-state index is 0.0903. The number of amidine groups is 1. The Labute approximate surface area is 80.2 Å². The van der Waals surface area contributed by atoms with Crippen molar-refractivity contribution in [2.24, 2.45) is 10.9 Å². The number of benzene rings is 1.